The highest BCUT2D eigenvalue weighted by molar-refractivity contribution is 9.10. The second-order valence-corrected chi connectivity index (χ2v) is 6.98. The third-order valence-corrected chi connectivity index (χ3v) is 5.50. The van der Waals surface area contributed by atoms with E-state index < -0.39 is 0 Å². The molecule has 0 radical (unpaired) electrons. The molecule has 1 aromatic rings. The third-order valence-electron chi connectivity index (χ3n) is 4.64. The van der Waals surface area contributed by atoms with Crippen molar-refractivity contribution in [3.8, 4) is 5.75 Å². The van der Waals surface area contributed by atoms with Crippen molar-refractivity contribution in [2.24, 2.45) is 5.92 Å². The van der Waals surface area contributed by atoms with Crippen molar-refractivity contribution in [1.29, 1.82) is 0 Å². The molecule has 1 aliphatic rings. The summed E-state index contributed by atoms with van der Waals surface area (Å²) in [5.41, 5.74) is 2.54. The van der Waals surface area contributed by atoms with Crippen molar-refractivity contribution in [2.75, 3.05) is 13.7 Å². The van der Waals surface area contributed by atoms with Gasteiger partial charge in [-0.25, -0.2) is 0 Å². The number of nitrogens with one attached hydrogen (secondary N) is 1. The number of rotatable bonds is 5. The highest BCUT2D eigenvalue weighted by Gasteiger charge is 2.26. The van der Waals surface area contributed by atoms with Crippen molar-refractivity contribution < 1.29 is 4.74 Å². The first-order chi connectivity index (χ1) is 10.2. The van der Waals surface area contributed by atoms with Crippen molar-refractivity contribution in [3.63, 3.8) is 0 Å². The van der Waals surface area contributed by atoms with Crippen LogP contribution < -0.4 is 10.1 Å². The summed E-state index contributed by atoms with van der Waals surface area (Å²) in [5, 5.41) is 3.72. The van der Waals surface area contributed by atoms with Crippen LogP contribution in [0, 0.1) is 12.8 Å². The van der Waals surface area contributed by atoms with E-state index in [4.69, 9.17) is 4.74 Å². The summed E-state index contributed by atoms with van der Waals surface area (Å²) in [4.78, 5) is 0. The SMILES string of the molecule is CCNC(c1cc(Br)c(C)cc1OC)C1CCCCCC1. The van der Waals surface area contributed by atoms with E-state index in [1.165, 1.54) is 54.1 Å². The first-order valence-corrected chi connectivity index (χ1v) is 9.04. The molecule has 1 saturated carbocycles. The standard InChI is InChI=1S/C18H28BrNO/c1-4-20-18(14-9-7-5-6-8-10-14)15-12-16(19)13(2)11-17(15)21-3/h11-12,14,18,20H,4-10H2,1-3H3. The van der Waals surface area contributed by atoms with Crippen molar-refractivity contribution in [1.82, 2.24) is 5.32 Å². The Morgan fingerprint density at radius 2 is 1.90 bits per heavy atom. The van der Waals surface area contributed by atoms with E-state index in [-0.39, 0.29) is 0 Å². The molecule has 21 heavy (non-hydrogen) atoms. The van der Waals surface area contributed by atoms with E-state index in [0.29, 0.717) is 6.04 Å². The maximum absolute atomic E-state index is 5.67. The zero-order chi connectivity index (χ0) is 15.2. The van der Waals surface area contributed by atoms with Gasteiger partial charge in [0.1, 0.15) is 5.75 Å². The van der Waals surface area contributed by atoms with Crippen LogP contribution in [0.1, 0.15) is 62.6 Å². The summed E-state index contributed by atoms with van der Waals surface area (Å²) in [5.74, 6) is 1.74. The summed E-state index contributed by atoms with van der Waals surface area (Å²) in [6.45, 7) is 5.31. The number of hydrogen-bond donors (Lipinski definition) is 1. The largest absolute Gasteiger partial charge is 0.496 e. The number of benzene rings is 1. The Morgan fingerprint density at radius 1 is 1.24 bits per heavy atom. The lowest BCUT2D eigenvalue weighted by molar-refractivity contribution is 0.316. The van der Waals surface area contributed by atoms with Gasteiger partial charge in [0.05, 0.1) is 7.11 Å². The molecule has 0 aliphatic heterocycles. The van der Waals surface area contributed by atoms with Gasteiger partial charge in [0.15, 0.2) is 0 Å². The molecular formula is C18H28BrNO. The van der Waals surface area contributed by atoms with Crippen LogP contribution >= 0.6 is 15.9 Å². The quantitative estimate of drug-likeness (QED) is 0.716. The van der Waals surface area contributed by atoms with Gasteiger partial charge in [0.2, 0.25) is 0 Å². The zero-order valence-electron chi connectivity index (χ0n) is 13.5. The lowest BCUT2D eigenvalue weighted by atomic mass is 9.86. The molecular weight excluding hydrogens is 326 g/mol. The Morgan fingerprint density at radius 3 is 2.48 bits per heavy atom. The Hall–Kier alpha value is -0.540. The first kappa shape index (κ1) is 16.8. The van der Waals surface area contributed by atoms with Crippen LogP contribution in [0.3, 0.4) is 0 Å². The summed E-state index contributed by atoms with van der Waals surface area (Å²) < 4.78 is 6.85. The average Bonchev–Trinajstić information content (AvgIpc) is 2.76. The molecule has 1 aliphatic carbocycles. The minimum Gasteiger partial charge on any atom is -0.496 e. The maximum Gasteiger partial charge on any atom is 0.123 e. The first-order valence-electron chi connectivity index (χ1n) is 8.24. The van der Waals surface area contributed by atoms with Crippen LogP contribution in [0.2, 0.25) is 0 Å². The number of halogens is 1. The molecule has 0 amide bonds. The molecule has 2 nitrogen and oxygen atoms in total. The van der Waals surface area contributed by atoms with Gasteiger partial charge in [-0.15, -0.1) is 0 Å². The molecule has 0 heterocycles. The summed E-state index contributed by atoms with van der Waals surface area (Å²) >= 11 is 3.68. The lowest BCUT2D eigenvalue weighted by Gasteiger charge is -2.29. The Kier molecular flexibility index (Phi) is 6.56. The summed E-state index contributed by atoms with van der Waals surface area (Å²) in [7, 11) is 1.78. The molecule has 0 bridgehead atoms. The van der Waals surface area contributed by atoms with Crippen LogP contribution in [0.4, 0.5) is 0 Å². The number of ether oxygens (including phenoxy) is 1. The van der Waals surface area contributed by atoms with E-state index in [1.807, 2.05) is 0 Å². The maximum atomic E-state index is 5.67. The third kappa shape index (κ3) is 4.23. The van der Waals surface area contributed by atoms with Gasteiger partial charge in [-0.1, -0.05) is 48.5 Å². The van der Waals surface area contributed by atoms with Gasteiger partial charge >= 0.3 is 0 Å². The van der Waals surface area contributed by atoms with E-state index in [2.05, 4.69) is 47.2 Å². The number of methoxy groups -OCH3 is 1. The zero-order valence-corrected chi connectivity index (χ0v) is 15.1. The second-order valence-electron chi connectivity index (χ2n) is 6.13. The minimum absolute atomic E-state index is 0.403. The molecule has 1 atom stereocenters. The molecule has 1 aromatic carbocycles. The molecule has 1 unspecified atom stereocenters. The van der Waals surface area contributed by atoms with Gasteiger partial charge in [0.25, 0.3) is 0 Å². The van der Waals surface area contributed by atoms with E-state index in [9.17, 15) is 0 Å². The van der Waals surface area contributed by atoms with E-state index in [0.717, 1.165) is 18.2 Å². The number of hydrogen-bond acceptors (Lipinski definition) is 2. The molecule has 0 spiro atoms. The van der Waals surface area contributed by atoms with Crippen molar-refractivity contribution >= 4 is 15.9 Å². The highest BCUT2D eigenvalue weighted by atomic mass is 79.9. The van der Waals surface area contributed by atoms with Crippen molar-refractivity contribution in [3.05, 3.63) is 27.7 Å². The van der Waals surface area contributed by atoms with Crippen LogP contribution in [0.15, 0.2) is 16.6 Å². The van der Waals surface area contributed by atoms with Gasteiger partial charge in [-0.3, -0.25) is 0 Å². The van der Waals surface area contributed by atoms with Crippen LogP contribution in [-0.2, 0) is 0 Å². The molecule has 1 fully saturated rings. The fourth-order valence-electron chi connectivity index (χ4n) is 3.48. The summed E-state index contributed by atoms with van der Waals surface area (Å²) in [6, 6.07) is 4.81. The fraction of sp³-hybridized carbons (Fsp3) is 0.667. The Labute approximate surface area is 137 Å². The van der Waals surface area contributed by atoms with Crippen LogP contribution in [0.5, 0.6) is 5.75 Å². The Bertz CT molecular complexity index is 453. The predicted molar refractivity (Wildman–Crippen MR) is 93.0 cm³/mol. The molecule has 0 aromatic heterocycles. The Balaban J connectivity index is 2.34. The topological polar surface area (TPSA) is 21.3 Å². The number of aryl methyl sites for hydroxylation is 1. The second kappa shape index (κ2) is 8.19. The molecule has 3 heteroatoms. The highest BCUT2D eigenvalue weighted by Crippen LogP contribution is 2.39. The molecule has 1 N–H and O–H groups in total. The molecule has 2 rings (SSSR count). The smallest absolute Gasteiger partial charge is 0.123 e. The van der Waals surface area contributed by atoms with E-state index in [1.54, 1.807) is 7.11 Å². The van der Waals surface area contributed by atoms with Crippen molar-refractivity contribution in [2.45, 2.75) is 58.4 Å². The average molecular weight is 354 g/mol. The monoisotopic (exact) mass is 353 g/mol. The normalized spacial score (nSPS) is 18.3. The predicted octanol–water partition coefficient (Wildman–Crippen LogP) is 5.39. The molecule has 118 valence electrons. The van der Waals surface area contributed by atoms with Crippen LogP contribution in [0.25, 0.3) is 0 Å². The lowest BCUT2D eigenvalue weighted by Crippen LogP contribution is -2.28. The van der Waals surface area contributed by atoms with Gasteiger partial charge < -0.3 is 10.1 Å². The fourth-order valence-corrected chi connectivity index (χ4v) is 3.85. The minimum atomic E-state index is 0.403. The summed E-state index contributed by atoms with van der Waals surface area (Å²) in [6.07, 6.45) is 8.16. The van der Waals surface area contributed by atoms with Gasteiger partial charge in [-0.05, 0) is 49.9 Å². The van der Waals surface area contributed by atoms with Gasteiger partial charge in [-0.2, -0.15) is 0 Å². The molecule has 0 saturated heterocycles. The van der Waals surface area contributed by atoms with E-state index >= 15 is 0 Å². The van der Waals surface area contributed by atoms with Crippen LogP contribution in [-0.4, -0.2) is 13.7 Å². The van der Waals surface area contributed by atoms with Gasteiger partial charge in [0, 0.05) is 16.1 Å².